The van der Waals surface area contributed by atoms with Gasteiger partial charge in [0.2, 0.25) is 0 Å². The number of aromatic amines is 1. The number of hydrogen-bond donors (Lipinski definition) is 1. The third-order valence-electron chi connectivity index (χ3n) is 3.53. The second-order valence-corrected chi connectivity index (χ2v) is 6.99. The molecule has 0 amide bonds. The lowest BCUT2D eigenvalue weighted by atomic mass is 10.1. The van der Waals surface area contributed by atoms with Crippen LogP contribution in [0.4, 0.5) is 0 Å². The number of H-pyrrole nitrogens is 1. The molecule has 0 aromatic carbocycles. The van der Waals surface area contributed by atoms with Crippen LogP contribution >= 0.6 is 11.6 Å². The molecule has 1 unspecified atom stereocenters. The maximum absolute atomic E-state index is 12.6. The Morgan fingerprint density at radius 3 is 2.89 bits per heavy atom. The normalized spacial score (nSPS) is 22.3. The van der Waals surface area contributed by atoms with E-state index in [1.54, 1.807) is 4.31 Å². The number of sulfonamides is 1. The van der Waals surface area contributed by atoms with Crippen LogP contribution in [0.5, 0.6) is 0 Å². The summed E-state index contributed by atoms with van der Waals surface area (Å²) in [5.41, 5.74) is 0. The smallest absolute Gasteiger partial charge is 0.260 e. The molecular formula is C12H20ClN3O2S. The molecule has 1 aromatic rings. The molecule has 0 saturated carbocycles. The van der Waals surface area contributed by atoms with Gasteiger partial charge in [0.05, 0.1) is 6.20 Å². The lowest BCUT2D eigenvalue weighted by molar-refractivity contribution is 0.344. The third kappa shape index (κ3) is 3.12. The van der Waals surface area contributed by atoms with Crippen LogP contribution in [0.3, 0.4) is 0 Å². The Labute approximate surface area is 119 Å². The summed E-state index contributed by atoms with van der Waals surface area (Å²) in [6.45, 7) is 2.48. The van der Waals surface area contributed by atoms with E-state index in [-0.39, 0.29) is 11.1 Å². The van der Waals surface area contributed by atoms with Gasteiger partial charge in [-0.15, -0.1) is 11.6 Å². The average molecular weight is 306 g/mol. The van der Waals surface area contributed by atoms with Gasteiger partial charge in [0.1, 0.15) is 5.82 Å². The van der Waals surface area contributed by atoms with Crippen molar-refractivity contribution in [3.05, 3.63) is 12.0 Å². The van der Waals surface area contributed by atoms with E-state index in [9.17, 15) is 8.42 Å². The maximum Gasteiger partial charge on any atom is 0.260 e. The summed E-state index contributed by atoms with van der Waals surface area (Å²) < 4.78 is 26.8. The predicted molar refractivity (Wildman–Crippen MR) is 74.8 cm³/mol. The van der Waals surface area contributed by atoms with Gasteiger partial charge in [-0.1, -0.05) is 19.8 Å². The van der Waals surface area contributed by atoms with Crippen LogP contribution in [0.2, 0.25) is 0 Å². The largest absolute Gasteiger partial charge is 0.332 e. The number of nitrogens with zero attached hydrogens (tertiary/aromatic N) is 2. The van der Waals surface area contributed by atoms with Crippen molar-refractivity contribution in [3.8, 4) is 0 Å². The number of halogens is 1. The molecule has 0 radical (unpaired) electrons. The molecule has 1 aromatic heterocycles. The highest BCUT2D eigenvalue weighted by Crippen LogP contribution is 2.24. The summed E-state index contributed by atoms with van der Waals surface area (Å²) in [4.78, 5) is 6.96. The van der Waals surface area contributed by atoms with Crippen molar-refractivity contribution in [3.63, 3.8) is 0 Å². The molecule has 1 N–H and O–H groups in total. The van der Waals surface area contributed by atoms with E-state index in [2.05, 4.69) is 9.97 Å². The molecular weight excluding hydrogens is 286 g/mol. The van der Waals surface area contributed by atoms with E-state index in [1.165, 1.54) is 6.20 Å². The number of nitrogens with one attached hydrogen (secondary N) is 1. The number of aryl methyl sites for hydroxylation is 1. The van der Waals surface area contributed by atoms with Crippen molar-refractivity contribution in [1.82, 2.24) is 14.3 Å². The predicted octanol–water partition coefficient (Wildman–Crippen LogP) is 2.14. The van der Waals surface area contributed by atoms with Gasteiger partial charge in [-0.05, 0) is 12.8 Å². The number of rotatable bonds is 4. The fourth-order valence-electron chi connectivity index (χ4n) is 2.40. The van der Waals surface area contributed by atoms with Crippen molar-refractivity contribution >= 4 is 21.6 Å². The Balaban J connectivity index is 2.30. The number of alkyl halides is 1. The number of aromatic nitrogens is 2. The molecule has 7 heteroatoms. The second kappa shape index (κ2) is 6.24. The van der Waals surface area contributed by atoms with E-state index < -0.39 is 10.0 Å². The quantitative estimate of drug-likeness (QED) is 0.867. The van der Waals surface area contributed by atoms with Crippen LogP contribution in [0, 0.1) is 0 Å². The van der Waals surface area contributed by atoms with Gasteiger partial charge in [0, 0.05) is 24.9 Å². The zero-order valence-electron chi connectivity index (χ0n) is 11.1. The van der Waals surface area contributed by atoms with Crippen LogP contribution in [0.1, 0.15) is 38.4 Å². The first kappa shape index (κ1) is 14.8. The first-order valence-corrected chi connectivity index (χ1v) is 8.68. The van der Waals surface area contributed by atoms with Crippen LogP contribution in [0.15, 0.2) is 11.2 Å². The summed E-state index contributed by atoms with van der Waals surface area (Å²) in [7, 11) is -3.51. The molecule has 2 rings (SSSR count). The molecule has 1 fully saturated rings. The Bertz CT molecular complexity index is 515. The number of hydrogen-bond acceptors (Lipinski definition) is 3. The SMILES string of the molecule is CCc1ncc(S(=O)(=O)N2CCCCCC2CCl)[nH]1. The minimum Gasteiger partial charge on any atom is -0.332 e. The fraction of sp³-hybridized carbons (Fsp3) is 0.750. The van der Waals surface area contributed by atoms with E-state index in [1.807, 2.05) is 6.92 Å². The summed E-state index contributed by atoms with van der Waals surface area (Å²) >= 11 is 5.94. The van der Waals surface area contributed by atoms with Crippen molar-refractivity contribution in [2.75, 3.05) is 12.4 Å². The van der Waals surface area contributed by atoms with Crippen LogP contribution in [-0.4, -0.2) is 41.2 Å². The van der Waals surface area contributed by atoms with Crippen LogP contribution in [0.25, 0.3) is 0 Å². The molecule has 19 heavy (non-hydrogen) atoms. The lowest BCUT2D eigenvalue weighted by Crippen LogP contribution is -2.41. The Hall–Kier alpha value is -0.590. The van der Waals surface area contributed by atoms with Crippen molar-refractivity contribution in [2.24, 2.45) is 0 Å². The van der Waals surface area contributed by atoms with Gasteiger partial charge in [-0.3, -0.25) is 0 Å². The average Bonchev–Trinajstić information content (AvgIpc) is 2.76. The highest BCUT2D eigenvalue weighted by molar-refractivity contribution is 7.89. The molecule has 1 aliphatic rings. The van der Waals surface area contributed by atoms with Crippen molar-refractivity contribution in [1.29, 1.82) is 0 Å². The van der Waals surface area contributed by atoms with Gasteiger partial charge < -0.3 is 4.98 Å². The standard InChI is InChI=1S/C12H20ClN3O2S/c1-2-11-14-9-12(15-11)19(17,18)16-7-5-3-4-6-10(16)8-13/h9-10H,2-8H2,1H3,(H,14,15). The molecule has 1 atom stereocenters. The maximum atomic E-state index is 12.6. The van der Waals surface area contributed by atoms with Crippen LogP contribution in [-0.2, 0) is 16.4 Å². The summed E-state index contributed by atoms with van der Waals surface area (Å²) in [6.07, 6.45) is 5.91. The van der Waals surface area contributed by atoms with Crippen molar-refractivity contribution < 1.29 is 8.42 Å². The highest BCUT2D eigenvalue weighted by atomic mass is 35.5. The molecule has 0 spiro atoms. The molecule has 2 heterocycles. The van der Waals surface area contributed by atoms with Gasteiger partial charge in [0.25, 0.3) is 10.0 Å². The topological polar surface area (TPSA) is 66.1 Å². The Kier molecular flexibility index (Phi) is 4.86. The second-order valence-electron chi connectivity index (χ2n) is 4.82. The third-order valence-corrected chi connectivity index (χ3v) is 5.75. The summed E-state index contributed by atoms with van der Waals surface area (Å²) in [5, 5.41) is 0.182. The minimum absolute atomic E-state index is 0.109. The van der Waals surface area contributed by atoms with E-state index in [4.69, 9.17) is 11.6 Å². The van der Waals surface area contributed by atoms with Gasteiger partial charge in [0.15, 0.2) is 5.03 Å². The molecule has 1 saturated heterocycles. The molecule has 5 nitrogen and oxygen atoms in total. The fourth-order valence-corrected chi connectivity index (χ4v) is 4.43. The molecule has 0 aliphatic carbocycles. The monoisotopic (exact) mass is 305 g/mol. The van der Waals surface area contributed by atoms with Gasteiger partial charge in [-0.25, -0.2) is 13.4 Å². The van der Waals surface area contributed by atoms with E-state index in [0.29, 0.717) is 24.7 Å². The molecule has 108 valence electrons. The van der Waals surface area contributed by atoms with Crippen molar-refractivity contribution in [2.45, 2.75) is 50.1 Å². The molecule has 0 bridgehead atoms. The van der Waals surface area contributed by atoms with Crippen LogP contribution < -0.4 is 0 Å². The number of imidazole rings is 1. The van der Waals surface area contributed by atoms with Gasteiger partial charge >= 0.3 is 0 Å². The van der Waals surface area contributed by atoms with E-state index in [0.717, 1.165) is 25.7 Å². The zero-order chi connectivity index (χ0) is 13.9. The first-order valence-electron chi connectivity index (χ1n) is 6.71. The minimum atomic E-state index is -3.51. The highest BCUT2D eigenvalue weighted by Gasteiger charge is 2.33. The summed E-state index contributed by atoms with van der Waals surface area (Å²) in [5.74, 6) is 1.03. The zero-order valence-corrected chi connectivity index (χ0v) is 12.7. The first-order chi connectivity index (χ1) is 9.09. The summed E-state index contributed by atoms with van der Waals surface area (Å²) in [6, 6.07) is -0.109. The Morgan fingerprint density at radius 2 is 2.26 bits per heavy atom. The van der Waals surface area contributed by atoms with E-state index >= 15 is 0 Å². The lowest BCUT2D eigenvalue weighted by Gasteiger charge is -2.26. The Morgan fingerprint density at radius 1 is 1.47 bits per heavy atom. The van der Waals surface area contributed by atoms with Gasteiger partial charge in [-0.2, -0.15) is 4.31 Å². The molecule has 1 aliphatic heterocycles.